The molecule has 0 radical (unpaired) electrons. The van der Waals surface area contributed by atoms with E-state index < -0.39 is 18.7 Å². The molecule has 1 aromatic rings. The number of carbonyl (C=O) groups is 1. The maximum atomic E-state index is 11.7. The Hall–Kier alpha value is -1.19. The highest BCUT2D eigenvalue weighted by Gasteiger charge is 2.28. The lowest BCUT2D eigenvalue weighted by molar-refractivity contribution is -0.184. The van der Waals surface area contributed by atoms with Crippen LogP contribution < -0.4 is 11.2 Å². The molecule has 5 nitrogen and oxygen atoms in total. The lowest BCUT2D eigenvalue weighted by atomic mass is 10.5. The van der Waals surface area contributed by atoms with Crippen LogP contribution in [0.25, 0.3) is 0 Å². The monoisotopic (exact) mass is 255 g/mol. The lowest BCUT2D eigenvalue weighted by Crippen LogP contribution is -2.29. The van der Waals surface area contributed by atoms with E-state index in [1.807, 2.05) is 0 Å². The van der Waals surface area contributed by atoms with E-state index >= 15 is 0 Å². The number of carbonyl (C=O) groups excluding carboxylic acids is 1. The fourth-order valence-electron chi connectivity index (χ4n) is 0.745. The van der Waals surface area contributed by atoms with Gasteiger partial charge in [0.25, 0.3) is 5.91 Å². The second-order valence-electron chi connectivity index (χ2n) is 2.67. The first-order valence-electron chi connectivity index (χ1n) is 4.05. The average molecular weight is 255 g/mol. The number of amides is 1. The molecule has 0 aliphatic rings. The van der Waals surface area contributed by atoms with Gasteiger partial charge in [0.1, 0.15) is 10.7 Å². The van der Waals surface area contributed by atoms with Gasteiger partial charge in [-0.15, -0.1) is 11.3 Å². The molecular weight excluding hydrogens is 247 g/mol. The Labute approximate surface area is 92.4 Å². The summed E-state index contributed by atoms with van der Waals surface area (Å²) in [7, 11) is 0. The summed E-state index contributed by atoms with van der Waals surface area (Å²) in [6.07, 6.45) is -4.49. The van der Waals surface area contributed by atoms with Crippen LogP contribution in [0.4, 0.5) is 13.2 Å². The first kappa shape index (κ1) is 12.9. The Morgan fingerprint density at radius 1 is 1.62 bits per heavy atom. The third kappa shape index (κ3) is 4.13. The SMILES string of the molecule is NCc1nc(C(=O)NOCC(F)(F)F)cs1. The molecule has 0 saturated carbocycles. The molecule has 0 saturated heterocycles. The molecule has 0 bridgehead atoms. The Bertz CT molecular complexity index is 366. The summed E-state index contributed by atoms with van der Waals surface area (Å²) in [5.41, 5.74) is 6.87. The van der Waals surface area contributed by atoms with Crippen molar-refractivity contribution in [3.63, 3.8) is 0 Å². The minimum atomic E-state index is -4.49. The second-order valence-corrected chi connectivity index (χ2v) is 3.61. The normalized spacial score (nSPS) is 11.5. The summed E-state index contributed by atoms with van der Waals surface area (Å²) >= 11 is 1.14. The number of nitrogens with two attached hydrogens (primary N) is 1. The van der Waals surface area contributed by atoms with Crippen molar-refractivity contribution >= 4 is 17.2 Å². The number of hydrogen-bond acceptors (Lipinski definition) is 5. The third-order valence-corrected chi connectivity index (χ3v) is 2.23. The summed E-state index contributed by atoms with van der Waals surface area (Å²) in [5, 5.41) is 1.90. The van der Waals surface area contributed by atoms with Crippen molar-refractivity contribution in [1.29, 1.82) is 0 Å². The van der Waals surface area contributed by atoms with Gasteiger partial charge in [-0.1, -0.05) is 0 Å². The maximum absolute atomic E-state index is 11.7. The fraction of sp³-hybridized carbons (Fsp3) is 0.429. The molecule has 0 fully saturated rings. The number of halogens is 3. The highest BCUT2D eigenvalue weighted by Crippen LogP contribution is 2.14. The molecule has 0 atom stereocenters. The van der Waals surface area contributed by atoms with Gasteiger partial charge in [0, 0.05) is 11.9 Å². The number of hydroxylamine groups is 1. The average Bonchev–Trinajstić information content (AvgIpc) is 2.63. The van der Waals surface area contributed by atoms with Crippen molar-refractivity contribution < 1.29 is 22.8 Å². The van der Waals surface area contributed by atoms with E-state index in [1.54, 1.807) is 5.48 Å². The van der Waals surface area contributed by atoms with E-state index in [9.17, 15) is 18.0 Å². The van der Waals surface area contributed by atoms with Gasteiger partial charge in [0.2, 0.25) is 0 Å². The largest absolute Gasteiger partial charge is 0.414 e. The van der Waals surface area contributed by atoms with Crippen LogP contribution in [0.3, 0.4) is 0 Å². The molecule has 1 rings (SSSR count). The summed E-state index contributed by atoms with van der Waals surface area (Å²) in [5.74, 6) is -0.833. The van der Waals surface area contributed by atoms with Crippen LogP contribution in [0.2, 0.25) is 0 Å². The molecule has 0 unspecified atom stereocenters. The number of aromatic nitrogens is 1. The molecular formula is C7H8F3N3O2S. The van der Waals surface area contributed by atoms with Crippen LogP contribution in [-0.4, -0.2) is 23.7 Å². The molecule has 9 heteroatoms. The van der Waals surface area contributed by atoms with Crippen molar-refractivity contribution in [2.45, 2.75) is 12.7 Å². The van der Waals surface area contributed by atoms with Crippen LogP contribution in [0.1, 0.15) is 15.5 Å². The highest BCUT2D eigenvalue weighted by atomic mass is 32.1. The van der Waals surface area contributed by atoms with Gasteiger partial charge in [-0.05, 0) is 0 Å². The summed E-state index contributed by atoms with van der Waals surface area (Å²) in [6, 6.07) is 0. The molecule has 0 aliphatic carbocycles. The fourth-order valence-corrected chi connectivity index (χ4v) is 1.40. The van der Waals surface area contributed by atoms with Crippen molar-refractivity contribution in [2.75, 3.05) is 6.61 Å². The van der Waals surface area contributed by atoms with E-state index in [4.69, 9.17) is 5.73 Å². The smallest absolute Gasteiger partial charge is 0.325 e. The maximum Gasteiger partial charge on any atom is 0.414 e. The Balaban J connectivity index is 2.41. The lowest BCUT2D eigenvalue weighted by Gasteiger charge is -2.06. The summed E-state index contributed by atoms with van der Waals surface area (Å²) < 4.78 is 35.0. The van der Waals surface area contributed by atoms with E-state index in [-0.39, 0.29) is 12.2 Å². The summed E-state index contributed by atoms with van der Waals surface area (Å²) in [6.45, 7) is -1.38. The molecule has 1 aromatic heterocycles. The predicted molar refractivity (Wildman–Crippen MR) is 49.5 cm³/mol. The van der Waals surface area contributed by atoms with Crippen LogP contribution in [0.5, 0.6) is 0 Å². The minimum absolute atomic E-state index is 0.0207. The molecule has 16 heavy (non-hydrogen) atoms. The van der Waals surface area contributed by atoms with Crippen LogP contribution >= 0.6 is 11.3 Å². The minimum Gasteiger partial charge on any atom is -0.325 e. The first-order valence-corrected chi connectivity index (χ1v) is 4.93. The Morgan fingerprint density at radius 2 is 2.31 bits per heavy atom. The van der Waals surface area contributed by atoms with Crippen LogP contribution in [0.15, 0.2) is 5.38 Å². The van der Waals surface area contributed by atoms with Crippen molar-refractivity contribution in [3.05, 3.63) is 16.1 Å². The zero-order chi connectivity index (χ0) is 12.2. The molecule has 0 aliphatic heterocycles. The van der Waals surface area contributed by atoms with Crippen LogP contribution in [0, 0.1) is 0 Å². The topological polar surface area (TPSA) is 77.2 Å². The van der Waals surface area contributed by atoms with Gasteiger partial charge < -0.3 is 5.73 Å². The zero-order valence-electron chi connectivity index (χ0n) is 7.87. The van der Waals surface area contributed by atoms with Gasteiger partial charge in [-0.3, -0.25) is 9.63 Å². The number of rotatable bonds is 4. The molecule has 0 spiro atoms. The Kier molecular flexibility index (Phi) is 4.21. The Morgan fingerprint density at radius 3 is 2.81 bits per heavy atom. The van der Waals surface area contributed by atoms with Crippen molar-refractivity contribution in [2.24, 2.45) is 5.73 Å². The zero-order valence-corrected chi connectivity index (χ0v) is 8.69. The van der Waals surface area contributed by atoms with Gasteiger partial charge >= 0.3 is 6.18 Å². The van der Waals surface area contributed by atoms with Gasteiger partial charge in [0.05, 0.1) is 0 Å². The highest BCUT2D eigenvalue weighted by molar-refractivity contribution is 7.09. The third-order valence-electron chi connectivity index (χ3n) is 1.36. The molecule has 3 N–H and O–H groups in total. The van der Waals surface area contributed by atoms with Gasteiger partial charge in [0.15, 0.2) is 6.61 Å². The predicted octanol–water partition coefficient (Wildman–Crippen LogP) is 0.825. The van der Waals surface area contributed by atoms with Crippen molar-refractivity contribution in [1.82, 2.24) is 10.5 Å². The van der Waals surface area contributed by atoms with Crippen LogP contribution in [-0.2, 0) is 11.4 Å². The number of alkyl halides is 3. The second kappa shape index (κ2) is 5.23. The molecule has 0 aromatic carbocycles. The van der Waals surface area contributed by atoms with E-state index in [1.165, 1.54) is 5.38 Å². The molecule has 90 valence electrons. The van der Waals surface area contributed by atoms with Gasteiger partial charge in [-0.2, -0.15) is 13.2 Å². The number of nitrogens with one attached hydrogen (secondary N) is 1. The number of hydrogen-bond donors (Lipinski definition) is 2. The quantitative estimate of drug-likeness (QED) is 0.781. The van der Waals surface area contributed by atoms with Gasteiger partial charge in [-0.25, -0.2) is 10.5 Å². The van der Waals surface area contributed by atoms with E-state index in [0.717, 1.165) is 11.3 Å². The number of nitrogens with zero attached hydrogens (tertiary/aromatic N) is 1. The van der Waals surface area contributed by atoms with E-state index in [0.29, 0.717) is 5.01 Å². The molecule has 1 amide bonds. The first-order chi connectivity index (χ1) is 7.42. The summed E-state index contributed by atoms with van der Waals surface area (Å²) in [4.78, 5) is 18.9. The molecule has 1 heterocycles. The van der Waals surface area contributed by atoms with Crippen molar-refractivity contribution in [3.8, 4) is 0 Å². The standard InChI is InChI=1S/C7H8F3N3O2S/c8-7(9,10)3-15-13-6(14)4-2-16-5(1-11)12-4/h2H,1,3,11H2,(H,13,14). The van der Waals surface area contributed by atoms with E-state index in [2.05, 4.69) is 9.82 Å². The number of thiazole rings is 1.